The molecule has 0 unspecified atom stereocenters. The van der Waals surface area contributed by atoms with Gasteiger partial charge in [-0.05, 0) is 61.1 Å². The number of rotatable bonds is 5. The molecule has 0 bridgehead atoms. The van der Waals surface area contributed by atoms with Gasteiger partial charge in [-0.25, -0.2) is 4.98 Å². The largest absolute Gasteiger partial charge is 0.461 e. The molecular formula is C17H19N5OS2. The molecule has 0 atom stereocenters. The molecular weight excluding hydrogens is 354 g/mol. The topological polar surface area (TPSA) is 69.6 Å². The van der Waals surface area contributed by atoms with Gasteiger partial charge in [-0.2, -0.15) is 4.37 Å². The van der Waals surface area contributed by atoms with Gasteiger partial charge in [0.1, 0.15) is 5.82 Å². The van der Waals surface area contributed by atoms with Crippen molar-refractivity contribution in [1.29, 1.82) is 0 Å². The van der Waals surface area contributed by atoms with Gasteiger partial charge in [0.25, 0.3) is 0 Å². The molecule has 130 valence electrons. The highest BCUT2D eigenvalue weighted by Gasteiger charge is 2.29. The van der Waals surface area contributed by atoms with Crippen LogP contribution in [0.2, 0.25) is 0 Å². The summed E-state index contributed by atoms with van der Waals surface area (Å²) in [7, 11) is 0. The molecule has 0 aliphatic heterocycles. The average Bonchev–Trinajstić information content (AvgIpc) is 3.05. The van der Waals surface area contributed by atoms with Crippen molar-refractivity contribution in [3.8, 4) is 11.6 Å². The summed E-state index contributed by atoms with van der Waals surface area (Å²) in [6.07, 6.45) is 10.3. The zero-order valence-corrected chi connectivity index (χ0v) is 15.4. The Bertz CT molecular complexity index is 846. The molecule has 8 heteroatoms. The lowest BCUT2D eigenvalue weighted by Crippen LogP contribution is -2.15. The Balaban J connectivity index is 1.49. The second-order valence-electron chi connectivity index (χ2n) is 6.74. The number of aromatic nitrogens is 5. The highest BCUT2D eigenvalue weighted by atomic mass is 32.2. The fourth-order valence-corrected chi connectivity index (χ4v) is 5.13. The predicted octanol–water partition coefficient (Wildman–Crippen LogP) is 4.92. The van der Waals surface area contributed by atoms with E-state index in [1.54, 1.807) is 18.0 Å². The molecule has 2 saturated carbocycles. The van der Waals surface area contributed by atoms with Gasteiger partial charge in [0, 0.05) is 12.0 Å². The molecule has 0 aromatic carbocycles. The Labute approximate surface area is 154 Å². The van der Waals surface area contributed by atoms with Crippen LogP contribution < -0.4 is 0 Å². The van der Waals surface area contributed by atoms with E-state index in [1.165, 1.54) is 56.5 Å². The van der Waals surface area contributed by atoms with Crippen LogP contribution in [0.4, 0.5) is 0 Å². The van der Waals surface area contributed by atoms with Crippen LogP contribution in [0.15, 0.2) is 32.3 Å². The third-order valence-corrected chi connectivity index (χ3v) is 6.62. The van der Waals surface area contributed by atoms with Gasteiger partial charge in [-0.15, -0.1) is 10.2 Å². The van der Waals surface area contributed by atoms with Crippen molar-refractivity contribution in [1.82, 2.24) is 24.1 Å². The van der Waals surface area contributed by atoms with E-state index < -0.39 is 0 Å². The van der Waals surface area contributed by atoms with Crippen LogP contribution in [0.3, 0.4) is 0 Å². The van der Waals surface area contributed by atoms with Gasteiger partial charge in [-0.3, -0.25) is 4.57 Å². The van der Waals surface area contributed by atoms with E-state index >= 15 is 0 Å². The van der Waals surface area contributed by atoms with E-state index in [1.807, 2.05) is 12.1 Å². The minimum atomic E-state index is 0.433. The third kappa shape index (κ3) is 3.13. The zero-order valence-electron chi connectivity index (χ0n) is 13.8. The Hall–Kier alpha value is -1.67. The zero-order chi connectivity index (χ0) is 16.6. The number of hydrogen-bond donors (Lipinski definition) is 0. The molecule has 0 radical (unpaired) electrons. The maximum absolute atomic E-state index is 5.60. The molecule has 2 aliphatic carbocycles. The van der Waals surface area contributed by atoms with Crippen LogP contribution in [0.1, 0.15) is 62.7 Å². The monoisotopic (exact) mass is 373 g/mol. The quantitative estimate of drug-likeness (QED) is 0.632. The predicted molar refractivity (Wildman–Crippen MR) is 95.9 cm³/mol. The molecule has 0 N–H and O–H groups in total. The van der Waals surface area contributed by atoms with Crippen LogP contribution in [0.25, 0.3) is 11.6 Å². The summed E-state index contributed by atoms with van der Waals surface area (Å²) in [5.41, 5.74) is 0. The fourth-order valence-electron chi connectivity index (χ4n) is 3.44. The summed E-state index contributed by atoms with van der Waals surface area (Å²) in [6, 6.07) is 4.28. The molecule has 0 amide bonds. The molecule has 25 heavy (non-hydrogen) atoms. The Kier molecular flexibility index (Phi) is 4.09. The maximum Gasteiger partial charge on any atom is 0.200 e. The molecule has 2 aliphatic rings. The lowest BCUT2D eigenvalue weighted by molar-refractivity contribution is 0.337. The molecule has 3 heterocycles. The lowest BCUT2D eigenvalue weighted by atomic mass is 9.95. The first kappa shape index (κ1) is 15.6. The first-order chi connectivity index (χ1) is 12.4. The summed E-state index contributed by atoms with van der Waals surface area (Å²) >= 11 is 3.06. The first-order valence-corrected chi connectivity index (χ1v) is 10.5. The Morgan fingerprint density at radius 1 is 1.12 bits per heavy atom. The molecule has 3 aromatic rings. The summed E-state index contributed by atoms with van der Waals surface area (Å²) < 4.78 is 13.3. The maximum atomic E-state index is 5.60. The summed E-state index contributed by atoms with van der Waals surface area (Å²) in [4.78, 5) is 4.69. The van der Waals surface area contributed by atoms with Crippen LogP contribution in [-0.2, 0) is 0 Å². The molecule has 3 aromatic heterocycles. The molecule has 0 saturated heterocycles. The van der Waals surface area contributed by atoms with Crippen molar-refractivity contribution in [2.24, 2.45) is 0 Å². The van der Waals surface area contributed by atoms with Crippen molar-refractivity contribution >= 4 is 23.3 Å². The minimum absolute atomic E-state index is 0.433. The van der Waals surface area contributed by atoms with Gasteiger partial charge in [-0.1, -0.05) is 19.3 Å². The number of hydrogen-bond acceptors (Lipinski definition) is 7. The van der Waals surface area contributed by atoms with Crippen LogP contribution >= 0.6 is 23.3 Å². The lowest BCUT2D eigenvalue weighted by Gasteiger charge is -2.24. The second-order valence-corrected chi connectivity index (χ2v) is 8.71. The second kappa shape index (κ2) is 6.57. The Morgan fingerprint density at radius 3 is 2.76 bits per heavy atom. The van der Waals surface area contributed by atoms with Crippen molar-refractivity contribution in [3.05, 3.63) is 24.2 Å². The third-order valence-electron chi connectivity index (χ3n) is 4.89. The summed E-state index contributed by atoms with van der Waals surface area (Å²) in [5.74, 6) is 3.19. The molecule has 6 nitrogen and oxygen atoms in total. The highest BCUT2D eigenvalue weighted by Crippen LogP contribution is 2.42. The number of furan rings is 1. The highest BCUT2D eigenvalue weighted by molar-refractivity contribution is 8.00. The average molecular weight is 374 g/mol. The van der Waals surface area contributed by atoms with E-state index in [-0.39, 0.29) is 0 Å². The summed E-state index contributed by atoms with van der Waals surface area (Å²) in [5, 5.41) is 9.81. The van der Waals surface area contributed by atoms with Crippen molar-refractivity contribution in [3.63, 3.8) is 0 Å². The van der Waals surface area contributed by atoms with Gasteiger partial charge in [0.05, 0.1) is 6.26 Å². The normalized spacial score (nSPS) is 18.7. The van der Waals surface area contributed by atoms with E-state index in [0.717, 1.165) is 26.9 Å². The van der Waals surface area contributed by atoms with Gasteiger partial charge in [0.2, 0.25) is 5.82 Å². The minimum Gasteiger partial charge on any atom is -0.461 e. The number of nitrogens with zero attached hydrogens (tertiary/aromatic N) is 5. The van der Waals surface area contributed by atoms with Gasteiger partial charge < -0.3 is 4.42 Å². The van der Waals surface area contributed by atoms with Crippen molar-refractivity contribution < 1.29 is 4.42 Å². The molecule has 5 rings (SSSR count). The SMILES string of the molecule is c1coc(-c2nnc(Sc3nc(C4CC4)ns3)n2C2CCCCC2)c1. The molecule has 2 fully saturated rings. The van der Waals surface area contributed by atoms with Crippen molar-refractivity contribution in [2.45, 2.75) is 66.4 Å². The van der Waals surface area contributed by atoms with Crippen LogP contribution in [0.5, 0.6) is 0 Å². The summed E-state index contributed by atoms with van der Waals surface area (Å²) in [6.45, 7) is 0. The van der Waals surface area contributed by atoms with Crippen LogP contribution in [-0.4, -0.2) is 24.1 Å². The standard InChI is InChI=1S/C17H19N5OS2/c1-2-5-12(6-3-1)22-15(13-7-4-10-23-13)19-20-16(22)24-17-18-14(21-25-17)11-8-9-11/h4,7,10-12H,1-3,5-6,8-9H2. The Morgan fingerprint density at radius 2 is 2.00 bits per heavy atom. The van der Waals surface area contributed by atoms with Gasteiger partial charge >= 0.3 is 0 Å². The smallest absolute Gasteiger partial charge is 0.200 e. The van der Waals surface area contributed by atoms with Crippen LogP contribution in [0, 0.1) is 0 Å². The van der Waals surface area contributed by atoms with E-state index in [0.29, 0.717) is 12.0 Å². The fraction of sp³-hybridized carbons (Fsp3) is 0.529. The van der Waals surface area contributed by atoms with Gasteiger partial charge in [0.15, 0.2) is 15.3 Å². The van der Waals surface area contributed by atoms with E-state index in [2.05, 4.69) is 19.1 Å². The van der Waals surface area contributed by atoms with E-state index in [9.17, 15) is 0 Å². The van der Waals surface area contributed by atoms with E-state index in [4.69, 9.17) is 9.40 Å². The first-order valence-electron chi connectivity index (χ1n) is 8.89. The molecule has 0 spiro atoms. The van der Waals surface area contributed by atoms with Crippen molar-refractivity contribution in [2.75, 3.05) is 0 Å².